The van der Waals surface area contributed by atoms with Gasteiger partial charge in [-0.2, -0.15) is 8.42 Å². The number of carboxylic acid groups (broad SMARTS) is 2. The molecule has 1 rings (SSSR count). The molecule has 12 heteroatoms. The van der Waals surface area contributed by atoms with Crippen LogP contribution in [-0.4, -0.2) is 48.3 Å². The van der Waals surface area contributed by atoms with Gasteiger partial charge in [0.15, 0.2) is 0 Å². The predicted molar refractivity (Wildman–Crippen MR) is 66.5 cm³/mol. The summed E-state index contributed by atoms with van der Waals surface area (Å²) in [6.07, 6.45) is -0.644. The van der Waals surface area contributed by atoms with Gasteiger partial charge in [0, 0.05) is 24.3 Å². The van der Waals surface area contributed by atoms with Crippen molar-refractivity contribution in [1.82, 2.24) is 0 Å². The molecule has 0 aliphatic rings. The van der Waals surface area contributed by atoms with Crippen LogP contribution in [0.15, 0.2) is 11.0 Å². The summed E-state index contributed by atoms with van der Waals surface area (Å²) in [7, 11) is -5.24. The second-order valence-electron chi connectivity index (χ2n) is 4.27. The fourth-order valence-electron chi connectivity index (χ4n) is 2.11. The molecule has 0 saturated heterocycles. The monoisotopic (exact) mass is 378 g/mol. The van der Waals surface area contributed by atoms with Gasteiger partial charge < -0.3 is 30.0 Å². The van der Waals surface area contributed by atoms with E-state index in [2.05, 4.69) is 0 Å². The maximum atomic E-state index is 11.4. The van der Waals surface area contributed by atoms with Crippen LogP contribution in [0.3, 0.4) is 0 Å². The quantitative estimate of drug-likeness (QED) is 0.307. The van der Waals surface area contributed by atoms with Crippen LogP contribution in [0, 0.1) is 0 Å². The number of hydrogen-bond donors (Lipinski definition) is 3. The topological polar surface area (TPSA) is 175 Å². The smallest absolute Gasteiger partial charge is 0.545 e. The number of hydrogen-bond acceptors (Lipinski definition) is 8. The van der Waals surface area contributed by atoms with Gasteiger partial charge in [0.1, 0.15) is 4.90 Å². The fourth-order valence-corrected chi connectivity index (χ4v) is 3.06. The molecule has 0 fully saturated rings. The van der Waals surface area contributed by atoms with E-state index in [0.29, 0.717) is 0 Å². The van der Waals surface area contributed by atoms with Crippen molar-refractivity contribution in [2.75, 3.05) is 13.2 Å². The molecule has 0 heterocycles. The van der Waals surface area contributed by atoms with Crippen molar-refractivity contribution in [3.05, 3.63) is 28.3 Å². The summed E-state index contributed by atoms with van der Waals surface area (Å²) in [6, 6.07) is 1.01. The number of aliphatic hydroxyl groups excluding tert-OH is 2. The standard InChI is InChI=1S/C12H14O9S.2Na/c13-3-1-6-5-7(2-4-14)9(12(17)18)10(22(19,20)21)8(6)11(15)16;;/h5,13-14H,1-4H2,(H,15,16)(H,17,18)(H,19,20,21);;/q;2*+1/p-2. The average Bonchev–Trinajstić information content (AvgIpc) is 2.36. The second kappa shape index (κ2) is 10.9. The summed E-state index contributed by atoms with van der Waals surface area (Å²) in [4.78, 5) is 21.0. The van der Waals surface area contributed by atoms with E-state index < -0.39 is 51.3 Å². The summed E-state index contributed by atoms with van der Waals surface area (Å²) < 4.78 is 32.1. The van der Waals surface area contributed by atoms with Crippen molar-refractivity contribution >= 4 is 22.1 Å². The minimum absolute atomic E-state index is 0. The molecular weight excluding hydrogens is 366 g/mol. The van der Waals surface area contributed by atoms with E-state index in [9.17, 15) is 32.8 Å². The third kappa shape index (κ3) is 6.06. The zero-order valence-corrected chi connectivity index (χ0v) is 17.9. The molecule has 0 radical (unpaired) electrons. The number of carbonyl (C=O) groups excluding carboxylic acids is 2. The average molecular weight is 378 g/mol. The Labute approximate surface area is 182 Å². The Morgan fingerprint density at radius 1 is 0.917 bits per heavy atom. The summed E-state index contributed by atoms with van der Waals surface area (Å²) in [5.41, 5.74) is -2.61. The first kappa shape index (κ1) is 26.2. The first-order valence-corrected chi connectivity index (χ1v) is 7.39. The first-order valence-electron chi connectivity index (χ1n) is 5.95. The largest absolute Gasteiger partial charge is 1.00 e. The van der Waals surface area contributed by atoms with Gasteiger partial charge in [-0.15, -0.1) is 0 Å². The molecule has 0 bridgehead atoms. The molecule has 0 aromatic heterocycles. The molecule has 9 nitrogen and oxygen atoms in total. The van der Waals surface area contributed by atoms with Crippen LogP contribution in [0.2, 0.25) is 0 Å². The summed E-state index contributed by atoms with van der Waals surface area (Å²) in [6.45, 7) is -1.12. The van der Waals surface area contributed by atoms with Crippen molar-refractivity contribution in [2.45, 2.75) is 17.7 Å². The Morgan fingerprint density at radius 3 is 1.46 bits per heavy atom. The van der Waals surface area contributed by atoms with Crippen LogP contribution in [0.1, 0.15) is 31.8 Å². The maximum Gasteiger partial charge on any atom is 1.00 e. The second-order valence-corrected chi connectivity index (χ2v) is 5.63. The Morgan fingerprint density at radius 2 is 1.25 bits per heavy atom. The number of aromatic carboxylic acids is 2. The summed E-state index contributed by atoms with van der Waals surface area (Å²) >= 11 is 0. The van der Waals surface area contributed by atoms with Crippen molar-refractivity contribution in [1.29, 1.82) is 0 Å². The van der Waals surface area contributed by atoms with Crippen molar-refractivity contribution in [3.8, 4) is 0 Å². The summed E-state index contributed by atoms with van der Waals surface area (Å²) in [5, 5.41) is 40.2. The molecule has 0 saturated carbocycles. The number of aliphatic hydroxyl groups is 2. The molecular formula is C12H12Na2O9S. The molecule has 122 valence electrons. The number of benzene rings is 1. The molecule has 0 aliphatic carbocycles. The van der Waals surface area contributed by atoms with E-state index in [-0.39, 0.29) is 83.1 Å². The minimum Gasteiger partial charge on any atom is -0.545 e. The Balaban J connectivity index is 0. The first-order chi connectivity index (χ1) is 10.1. The number of rotatable bonds is 7. The van der Waals surface area contributed by atoms with Gasteiger partial charge in [-0.05, 0) is 24.0 Å². The van der Waals surface area contributed by atoms with Crippen molar-refractivity contribution in [2.24, 2.45) is 0 Å². The number of carbonyl (C=O) groups is 2. The number of carboxylic acids is 2. The van der Waals surface area contributed by atoms with E-state index in [0.717, 1.165) is 6.07 Å². The minimum atomic E-state index is -5.24. The fraction of sp³-hybridized carbons (Fsp3) is 0.333. The molecule has 0 amide bonds. The van der Waals surface area contributed by atoms with Gasteiger partial charge in [-0.3, -0.25) is 4.55 Å². The third-order valence-corrected chi connectivity index (χ3v) is 3.80. The molecule has 0 aliphatic heterocycles. The zero-order chi connectivity index (χ0) is 17.1. The van der Waals surface area contributed by atoms with Gasteiger partial charge in [0.2, 0.25) is 0 Å². The van der Waals surface area contributed by atoms with Crippen LogP contribution in [0.5, 0.6) is 0 Å². The zero-order valence-electron chi connectivity index (χ0n) is 13.1. The van der Waals surface area contributed by atoms with Crippen LogP contribution in [-0.2, 0) is 23.0 Å². The SMILES string of the molecule is O=C([O-])c1c(CCO)cc(CCO)c(C(=O)[O-])c1S(=O)(=O)O.[Na+].[Na+]. The van der Waals surface area contributed by atoms with E-state index in [1.54, 1.807) is 0 Å². The Hall–Kier alpha value is -0.01000. The van der Waals surface area contributed by atoms with E-state index in [1.807, 2.05) is 0 Å². The van der Waals surface area contributed by atoms with E-state index >= 15 is 0 Å². The van der Waals surface area contributed by atoms with Gasteiger partial charge >= 0.3 is 59.1 Å². The van der Waals surface area contributed by atoms with Gasteiger partial charge in [-0.1, -0.05) is 6.07 Å². The van der Waals surface area contributed by atoms with Crippen LogP contribution in [0.4, 0.5) is 0 Å². The van der Waals surface area contributed by atoms with Crippen LogP contribution in [0.25, 0.3) is 0 Å². The van der Waals surface area contributed by atoms with Crippen LogP contribution < -0.4 is 69.3 Å². The molecule has 1 aromatic carbocycles. The molecule has 3 N–H and O–H groups in total. The van der Waals surface area contributed by atoms with Crippen molar-refractivity contribution in [3.63, 3.8) is 0 Å². The molecule has 1 aromatic rings. The Bertz CT molecular complexity index is 673. The van der Waals surface area contributed by atoms with Crippen molar-refractivity contribution < 1.29 is 102 Å². The van der Waals surface area contributed by atoms with Gasteiger partial charge in [0.05, 0.1) is 11.9 Å². The molecule has 0 unspecified atom stereocenters. The predicted octanol–water partition coefficient (Wildman–Crippen LogP) is -9.26. The van der Waals surface area contributed by atoms with E-state index in [4.69, 9.17) is 10.2 Å². The summed E-state index contributed by atoms with van der Waals surface area (Å²) in [5.74, 6) is -4.07. The molecule has 0 atom stereocenters. The maximum absolute atomic E-state index is 11.4. The van der Waals surface area contributed by atoms with Gasteiger partial charge in [0.25, 0.3) is 10.1 Å². The van der Waals surface area contributed by atoms with Gasteiger partial charge in [-0.25, -0.2) is 0 Å². The van der Waals surface area contributed by atoms with E-state index in [1.165, 1.54) is 0 Å². The Kier molecular flexibility index (Phi) is 11.9. The molecule has 0 spiro atoms. The third-order valence-electron chi connectivity index (χ3n) is 2.87. The normalized spacial score (nSPS) is 10.5. The molecule has 24 heavy (non-hydrogen) atoms. The van der Waals surface area contributed by atoms with Crippen LogP contribution >= 0.6 is 0 Å².